The smallest absolute Gasteiger partial charge is 0.358 e. The first-order chi connectivity index (χ1) is 12.7. The van der Waals surface area contributed by atoms with Gasteiger partial charge in [-0.15, -0.1) is 11.3 Å². The Morgan fingerprint density at radius 2 is 2.00 bits per heavy atom. The molecule has 1 aromatic carbocycles. The first-order valence-electron chi connectivity index (χ1n) is 8.06. The Morgan fingerprint density at radius 1 is 1.19 bits per heavy atom. The summed E-state index contributed by atoms with van der Waals surface area (Å²) in [6.45, 7) is 2.54. The van der Waals surface area contributed by atoms with Gasteiger partial charge in [-0.25, -0.2) is 14.3 Å². The Morgan fingerprint density at radius 3 is 2.69 bits per heavy atom. The Hall–Kier alpha value is -3.13. The topological polar surface area (TPSA) is 85.2 Å². The van der Waals surface area contributed by atoms with Gasteiger partial charge in [0.25, 0.3) is 0 Å². The van der Waals surface area contributed by atoms with Crippen LogP contribution in [0.3, 0.4) is 0 Å². The van der Waals surface area contributed by atoms with Gasteiger partial charge in [0.2, 0.25) is 0 Å². The van der Waals surface area contributed by atoms with Gasteiger partial charge in [0.15, 0.2) is 5.69 Å². The molecule has 7 nitrogen and oxygen atoms in total. The first-order valence-corrected chi connectivity index (χ1v) is 8.94. The minimum atomic E-state index is -0.452. The largest absolute Gasteiger partial charge is 0.461 e. The van der Waals surface area contributed by atoms with Crippen LogP contribution in [0.1, 0.15) is 22.3 Å². The molecule has 0 aliphatic rings. The van der Waals surface area contributed by atoms with E-state index >= 15 is 0 Å². The number of thiophene rings is 1. The molecule has 3 rings (SSSR count). The SMILES string of the molecule is CCOC(=O)c1ccn(-c2ccc(NC(=O)NCc3cccs3)cc2)n1. The highest BCUT2D eigenvalue weighted by Gasteiger charge is 2.11. The van der Waals surface area contributed by atoms with Gasteiger partial charge in [0.1, 0.15) is 0 Å². The zero-order valence-electron chi connectivity index (χ0n) is 14.1. The number of hydrogen-bond acceptors (Lipinski definition) is 5. The molecule has 0 atom stereocenters. The van der Waals surface area contributed by atoms with Gasteiger partial charge in [0, 0.05) is 16.8 Å². The molecular weight excluding hydrogens is 352 g/mol. The number of esters is 1. The molecule has 134 valence electrons. The van der Waals surface area contributed by atoms with Crippen LogP contribution in [0.2, 0.25) is 0 Å². The number of urea groups is 1. The molecule has 2 amide bonds. The van der Waals surface area contributed by atoms with Crippen molar-refractivity contribution in [2.24, 2.45) is 0 Å². The predicted octanol–water partition coefficient (Wildman–Crippen LogP) is 3.43. The number of nitrogens with zero attached hydrogens (tertiary/aromatic N) is 2. The van der Waals surface area contributed by atoms with Crippen LogP contribution in [0.15, 0.2) is 54.0 Å². The van der Waals surface area contributed by atoms with Crippen LogP contribution in [0.4, 0.5) is 10.5 Å². The minimum Gasteiger partial charge on any atom is -0.461 e. The first kappa shape index (κ1) is 17.7. The quantitative estimate of drug-likeness (QED) is 0.651. The van der Waals surface area contributed by atoms with Crippen molar-refractivity contribution in [3.05, 3.63) is 64.6 Å². The molecule has 0 bridgehead atoms. The highest BCUT2D eigenvalue weighted by atomic mass is 32.1. The second-order valence-electron chi connectivity index (χ2n) is 5.30. The fourth-order valence-corrected chi connectivity index (χ4v) is 2.88. The number of hydrogen-bond donors (Lipinski definition) is 2. The van der Waals surface area contributed by atoms with Gasteiger partial charge < -0.3 is 15.4 Å². The second kappa shape index (κ2) is 8.30. The molecule has 8 heteroatoms. The zero-order valence-corrected chi connectivity index (χ0v) is 15.0. The maximum Gasteiger partial charge on any atom is 0.358 e. The maximum absolute atomic E-state index is 11.9. The maximum atomic E-state index is 11.9. The molecule has 0 unspecified atom stereocenters. The number of ether oxygens (including phenoxy) is 1. The number of amides is 2. The molecule has 0 aliphatic carbocycles. The lowest BCUT2D eigenvalue weighted by atomic mass is 10.3. The fourth-order valence-electron chi connectivity index (χ4n) is 2.23. The molecule has 2 N–H and O–H groups in total. The van der Waals surface area contributed by atoms with E-state index < -0.39 is 5.97 Å². The zero-order chi connectivity index (χ0) is 18.4. The molecule has 0 fully saturated rings. The van der Waals surface area contributed by atoms with Crippen molar-refractivity contribution in [2.45, 2.75) is 13.5 Å². The third kappa shape index (κ3) is 4.48. The molecule has 0 saturated carbocycles. The van der Waals surface area contributed by atoms with Gasteiger partial charge in [-0.2, -0.15) is 5.10 Å². The van der Waals surface area contributed by atoms with E-state index in [4.69, 9.17) is 4.74 Å². The number of aromatic nitrogens is 2. The summed E-state index contributed by atoms with van der Waals surface area (Å²) in [4.78, 5) is 24.7. The summed E-state index contributed by atoms with van der Waals surface area (Å²) < 4.78 is 6.50. The van der Waals surface area contributed by atoms with Crippen molar-refractivity contribution in [1.29, 1.82) is 0 Å². The second-order valence-corrected chi connectivity index (χ2v) is 6.33. The molecule has 0 saturated heterocycles. The summed E-state index contributed by atoms with van der Waals surface area (Å²) in [7, 11) is 0. The highest BCUT2D eigenvalue weighted by Crippen LogP contribution is 2.14. The average molecular weight is 370 g/mol. The summed E-state index contributed by atoms with van der Waals surface area (Å²) >= 11 is 1.59. The lowest BCUT2D eigenvalue weighted by molar-refractivity contribution is 0.0519. The van der Waals surface area contributed by atoms with E-state index in [-0.39, 0.29) is 11.7 Å². The van der Waals surface area contributed by atoms with Crippen LogP contribution in [-0.4, -0.2) is 28.4 Å². The van der Waals surface area contributed by atoms with Crippen molar-refractivity contribution in [2.75, 3.05) is 11.9 Å². The normalized spacial score (nSPS) is 10.3. The van der Waals surface area contributed by atoms with Gasteiger partial charge in [-0.05, 0) is 48.7 Å². The monoisotopic (exact) mass is 370 g/mol. The Balaban J connectivity index is 1.58. The molecule has 0 radical (unpaired) electrons. The van der Waals surface area contributed by atoms with Crippen molar-refractivity contribution >= 4 is 29.0 Å². The van der Waals surface area contributed by atoms with Crippen LogP contribution >= 0.6 is 11.3 Å². The number of benzene rings is 1. The number of carbonyl (C=O) groups is 2. The van der Waals surface area contributed by atoms with Crippen LogP contribution in [-0.2, 0) is 11.3 Å². The average Bonchev–Trinajstić information content (AvgIpc) is 3.33. The van der Waals surface area contributed by atoms with Crippen LogP contribution in [0.25, 0.3) is 5.69 Å². The van der Waals surface area contributed by atoms with Gasteiger partial charge in [-0.3, -0.25) is 0 Å². The molecular formula is C18H18N4O3S. The standard InChI is InChI=1S/C18H18N4O3S/c1-2-25-17(23)16-9-10-22(21-16)14-7-5-13(6-8-14)20-18(24)19-12-15-4-3-11-26-15/h3-11H,2,12H2,1H3,(H2,19,20,24). The lowest BCUT2D eigenvalue weighted by Crippen LogP contribution is -2.27. The summed E-state index contributed by atoms with van der Waals surface area (Å²) in [5.41, 5.74) is 1.68. The highest BCUT2D eigenvalue weighted by molar-refractivity contribution is 7.09. The van der Waals surface area contributed by atoms with Crippen molar-refractivity contribution in [1.82, 2.24) is 15.1 Å². The van der Waals surface area contributed by atoms with E-state index in [1.165, 1.54) is 0 Å². The predicted molar refractivity (Wildman–Crippen MR) is 99.7 cm³/mol. The van der Waals surface area contributed by atoms with Crippen molar-refractivity contribution in [3.63, 3.8) is 0 Å². The van der Waals surface area contributed by atoms with Gasteiger partial charge in [0.05, 0.1) is 18.8 Å². The van der Waals surface area contributed by atoms with E-state index in [0.29, 0.717) is 18.8 Å². The Bertz CT molecular complexity index is 872. The minimum absolute atomic E-state index is 0.252. The van der Waals surface area contributed by atoms with Gasteiger partial charge in [-0.1, -0.05) is 6.07 Å². The summed E-state index contributed by atoms with van der Waals surface area (Å²) in [5, 5.41) is 11.7. The molecule has 2 heterocycles. The van der Waals surface area contributed by atoms with E-state index in [9.17, 15) is 9.59 Å². The number of rotatable bonds is 6. The third-order valence-electron chi connectivity index (χ3n) is 3.47. The number of carbonyl (C=O) groups excluding carboxylic acids is 2. The Labute approximate surface area is 154 Å². The summed E-state index contributed by atoms with van der Waals surface area (Å²) in [6.07, 6.45) is 1.68. The van der Waals surface area contributed by atoms with E-state index in [0.717, 1.165) is 10.6 Å². The Kier molecular flexibility index (Phi) is 5.65. The van der Waals surface area contributed by atoms with Crippen LogP contribution in [0, 0.1) is 0 Å². The molecule has 3 aromatic rings. The van der Waals surface area contributed by atoms with E-state index in [1.807, 2.05) is 17.5 Å². The van der Waals surface area contributed by atoms with Crippen LogP contribution in [0.5, 0.6) is 0 Å². The lowest BCUT2D eigenvalue weighted by Gasteiger charge is -2.08. The molecule has 0 spiro atoms. The molecule has 2 aromatic heterocycles. The summed E-state index contributed by atoms with van der Waals surface area (Å²) in [5.74, 6) is -0.452. The molecule has 26 heavy (non-hydrogen) atoms. The third-order valence-corrected chi connectivity index (χ3v) is 4.34. The number of anilines is 1. The summed E-state index contributed by atoms with van der Waals surface area (Å²) in [6, 6.07) is 12.4. The van der Waals surface area contributed by atoms with E-state index in [1.54, 1.807) is 59.5 Å². The van der Waals surface area contributed by atoms with Gasteiger partial charge >= 0.3 is 12.0 Å². The fraction of sp³-hybridized carbons (Fsp3) is 0.167. The number of nitrogens with one attached hydrogen (secondary N) is 2. The van der Waals surface area contributed by atoms with Crippen molar-refractivity contribution < 1.29 is 14.3 Å². The van der Waals surface area contributed by atoms with Crippen molar-refractivity contribution in [3.8, 4) is 5.69 Å². The van der Waals surface area contributed by atoms with E-state index in [2.05, 4.69) is 15.7 Å². The van der Waals surface area contributed by atoms with Crippen LogP contribution < -0.4 is 10.6 Å². The molecule has 0 aliphatic heterocycles.